The summed E-state index contributed by atoms with van der Waals surface area (Å²) in [6.45, 7) is 4.48. The summed E-state index contributed by atoms with van der Waals surface area (Å²) in [5, 5.41) is 12.7. The smallest absolute Gasteiger partial charge is 0.0795 e. The summed E-state index contributed by atoms with van der Waals surface area (Å²) in [5.74, 6) is 3.06. The largest absolute Gasteiger partial charge is 0.396 e. The summed E-state index contributed by atoms with van der Waals surface area (Å²) in [6, 6.07) is 0.616. The van der Waals surface area contributed by atoms with Gasteiger partial charge in [-0.05, 0) is 43.9 Å². The highest BCUT2D eigenvalue weighted by Gasteiger charge is 2.40. The van der Waals surface area contributed by atoms with Crippen LogP contribution in [0.15, 0.2) is 0 Å². The fourth-order valence-corrected chi connectivity index (χ4v) is 4.41. The molecule has 2 rings (SSSR count). The highest BCUT2D eigenvalue weighted by Crippen LogP contribution is 2.38. The van der Waals surface area contributed by atoms with Gasteiger partial charge in [-0.15, -0.1) is 0 Å². The number of hydrogen-bond donors (Lipinski definition) is 2. The van der Waals surface area contributed by atoms with Crippen LogP contribution in [0.5, 0.6) is 0 Å². The minimum absolute atomic E-state index is 0.180. The molecule has 2 fully saturated rings. The average Bonchev–Trinajstić information content (AvgIpc) is 2.82. The second-order valence-electron chi connectivity index (χ2n) is 5.72. The quantitative estimate of drug-likeness (QED) is 0.777. The summed E-state index contributed by atoms with van der Waals surface area (Å²) in [6.07, 6.45) is 5.62. The zero-order valence-electron chi connectivity index (χ0n) is 11.5. The monoisotopic (exact) mass is 273 g/mol. The zero-order valence-corrected chi connectivity index (χ0v) is 12.3. The second-order valence-corrected chi connectivity index (χ2v) is 6.82. The number of aliphatic hydroxyl groups is 1. The van der Waals surface area contributed by atoms with Gasteiger partial charge in [0.1, 0.15) is 0 Å². The van der Waals surface area contributed by atoms with E-state index in [4.69, 9.17) is 9.84 Å². The molecule has 0 bridgehead atoms. The van der Waals surface area contributed by atoms with Crippen LogP contribution in [-0.4, -0.2) is 48.0 Å². The Kier molecular flexibility index (Phi) is 5.80. The molecule has 0 aromatic carbocycles. The first-order valence-electron chi connectivity index (χ1n) is 7.34. The Morgan fingerprint density at radius 3 is 3.11 bits per heavy atom. The van der Waals surface area contributed by atoms with Gasteiger partial charge in [0.05, 0.1) is 5.60 Å². The van der Waals surface area contributed by atoms with E-state index in [0.29, 0.717) is 18.6 Å². The van der Waals surface area contributed by atoms with Crippen molar-refractivity contribution in [2.24, 2.45) is 5.92 Å². The molecule has 106 valence electrons. The van der Waals surface area contributed by atoms with E-state index < -0.39 is 0 Å². The molecule has 0 aliphatic carbocycles. The van der Waals surface area contributed by atoms with Crippen molar-refractivity contribution in [3.63, 3.8) is 0 Å². The van der Waals surface area contributed by atoms with E-state index in [9.17, 15) is 0 Å². The first kappa shape index (κ1) is 14.6. The van der Waals surface area contributed by atoms with Crippen molar-refractivity contribution in [3.05, 3.63) is 0 Å². The highest BCUT2D eigenvalue weighted by molar-refractivity contribution is 7.99. The maximum absolute atomic E-state index is 9.02. The van der Waals surface area contributed by atoms with E-state index in [-0.39, 0.29) is 5.60 Å². The number of ether oxygens (including phenoxy) is 1. The Morgan fingerprint density at radius 2 is 2.44 bits per heavy atom. The minimum atomic E-state index is 0.180. The third-order valence-corrected chi connectivity index (χ3v) is 5.59. The topological polar surface area (TPSA) is 41.5 Å². The lowest BCUT2D eigenvalue weighted by molar-refractivity contribution is -0.0704. The number of aliphatic hydroxyl groups excluding tert-OH is 1. The van der Waals surface area contributed by atoms with Gasteiger partial charge in [-0.25, -0.2) is 0 Å². The Bertz CT molecular complexity index is 244. The summed E-state index contributed by atoms with van der Waals surface area (Å²) >= 11 is 2.03. The SMILES string of the molecule is CCC(CCO)CNC1CCOC2(CCSC2)C1. The summed E-state index contributed by atoms with van der Waals surface area (Å²) in [4.78, 5) is 0. The third kappa shape index (κ3) is 3.86. The fraction of sp³-hybridized carbons (Fsp3) is 1.00. The Balaban J connectivity index is 1.75. The van der Waals surface area contributed by atoms with Gasteiger partial charge in [-0.3, -0.25) is 0 Å². The summed E-state index contributed by atoms with van der Waals surface area (Å²) in [5.41, 5.74) is 0.180. The molecule has 0 aromatic heterocycles. The van der Waals surface area contributed by atoms with Gasteiger partial charge in [0, 0.05) is 25.0 Å². The molecular formula is C14H27NO2S. The van der Waals surface area contributed by atoms with E-state index in [1.165, 1.54) is 24.3 Å². The number of thioether (sulfide) groups is 1. The van der Waals surface area contributed by atoms with Gasteiger partial charge >= 0.3 is 0 Å². The molecule has 18 heavy (non-hydrogen) atoms. The lowest BCUT2D eigenvalue weighted by Gasteiger charge is -2.38. The molecule has 4 heteroatoms. The molecule has 0 radical (unpaired) electrons. The van der Waals surface area contributed by atoms with Crippen molar-refractivity contribution in [1.29, 1.82) is 0 Å². The van der Waals surface area contributed by atoms with Crippen LogP contribution in [-0.2, 0) is 4.74 Å². The molecule has 0 amide bonds. The Labute approximate surface area is 115 Å². The van der Waals surface area contributed by atoms with Crippen molar-refractivity contribution in [1.82, 2.24) is 5.32 Å². The Hall–Kier alpha value is 0.230. The maximum Gasteiger partial charge on any atom is 0.0795 e. The van der Waals surface area contributed by atoms with Gasteiger partial charge in [0.25, 0.3) is 0 Å². The molecule has 2 aliphatic rings. The van der Waals surface area contributed by atoms with E-state index in [0.717, 1.165) is 32.4 Å². The van der Waals surface area contributed by atoms with Crippen molar-refractivity contribution < 1.29 is 9.84 Å². The van der Waals surface area contributed by atoms with Crippen LogP contribution < -0.4 is 5.32 Å². The van der Waals surface area contributed by atoms with Crippen LogP contribution >= 0.6 is 11.8 Å². The fourth-order valence-electron chi connectivity index (χ4n) is 3.03. The number of nitrogens with one attached hydrogen (secondary N) is 1. The molecule has 3 unspecified atom stereocenters. The molecule has 0 saturated carbocycles. The molecule has 2 heterocycles. The van der Waals surface area contributed by atoms with Crippen molar-refractivity contribution in [2.45, 2.75) is 50.7 Å². The molecule has 3 atom stereocenters. The van der Waals surface area contributed by atoms with E-state index >= 15 is 0 Å². The van der Waals surface area contributed by atoms with Crippen LogP contribution in [0.3, 0.4) is 0 Å². The average molecular weight is 273 g/mol. The molecule has 2 aliphatic heterocycles. The predicted octanol–water partition coefficient (Wildman–Crippen LogP) is 2.04. The molecule has 0 aromatic rings. The van der Waals surface area contributed by atoms with Gasteiger partial charge in [0.15, 0.2) is 0 Å². The van der Waals surface area contributed by atoms with Crippen LogP contribution in [0.2, 0.25) is 0 Å². The van der Waals surface area contributed by atoms with Crippen molar-refractivity contribution in [2.75, 3.05) is 31.3 Å². The summed E-state index contributed by atoms with van der Waals surface area (Å²) in [7, 11) is 0. The summed E-state index contributed by atoms with van der Waals surface area (Å²) < 4.78 is 6.04. The lowest BCUT2D eigenvalue weighted by Crippen LogP contribution is -2.48. The normalized spacial score (nSPS) is 34.0. The molecule has 1 spiro atoms. The molecule has 2 saturated heterocycles. The highest BCUT2D eigenvalue weighted by atomic mass is 32.2. The van der Waals surface area contributed by atoms with Gasteiger partial charge in [-0.2, -0.15) is 11.8 Å². The predicted molar refractivity (Wildman–Crippen MR) is 77.1 cm³/mol. The van der Waals surface area contributed by atoms with E-state index in [1.807, 2.05) is 11.8 Å². The van der Waals surface area contributed by atoms with Crippen LogP contribution in [0.1, 0.15) is 39.0 Å². The van der Waals surface area contributed by atoms with E-state index in [1.54, 1.807) is 0 Å². The number of hydrogen-bond acceptors (Lipinski definition) is 4. The van der Waals surface area contributed by atoms with Gasteiger partial charge in [-0.1, -0.05) is 13.3 Å². The number of rotatable bonds is 6. The maximum atomic E-state index is 9.02. The van der Waals surface area contributed by atoms with Crippen LogP contribution in [0, 0.1) is 5.92 Å². The molecular weight excluding hydrogens is 246 g/mol. The second kappa shape index (κ2) is 7.13. The van der Waals surface area contributed by atoms with Crippen LogP contribution in [0.25, 0.3) is 0 Å². The standard InChI is InChI=1S/C14H27NO2S/c1-2-12(3-6-16)10-15-13-4-7-17-14(9-13)5-8-18-11-14/h12-13,15-16H,2-11H2,1H3. The molecule has 2 N–H and O–H groups in total. The zero-order chi connectivity index (χ0) is 12.8. The van der Waals surface area contributed by atoms with E-state index in [2.05, 4.69) is 12.2 Å². The lowest BCUT2D eigenvalue weighted by atomic mass is 9.89. The van der Waals surface area contributed by atoms with Gasteiger partial charge < -0.3 is 15.2 Å². The van der Waals surface area contributed by atoms with Crippen molar-refractivity contribution in [3.8, 4) is 0 Å². The third-order valence-electron chi connectivity index (χ3n) is 4.37. The Morgan fingerprint density at radius 1 is 1.56 bits per heavy atom. The molecule has 3 nitrogen and oxygen atoms in total. The first-order chi connectivity index (χ1) is 8.78. The first-order valence-corrected chi connectivity index (χ1v) is 8.49. The van der Waals surface area contributed by atoms with Crippen LogP contribution in [0.4, 0.5) is 0 Å². The van der Waals surface area contributed by atoms with Crippen molar-refractivity contribution >= 4 is 11.8 Å². The minimum Gasteiger partial charge on any atom is -0.396 e. The van der Waals surface area contributed by atoms with Gasteiger partial charge in [0.2, 0.25) is 0 Å².